The number of nitrogens with zero attached hydrogens (tertiary/aromatic N) is 1. The quantitative estimate of drug-likeness (QED) is 0.790. The molecule has 0 bridgehead atoms. The average molecular weight is 224 g/mol. The van der Waals surface area contributed by atoms with Crippen molar-refractivity contribution in [2.75, 3.05) is 19.6 Å². The van der Waals surface area contributed by atoms with Crippen molar-refractivity contribution in [3.05, 3.63) is 0 Å². The van der Waals surface area contributed by atoms with E-state index in [1.165, 1.54) is 58.2 Å². The minimum atomic E-state index is 0.745. The fourth-order valence-corrected chi connectivity index (χ4v) is 3.16. The van der Waals surface area contributed by atoms with Gasteiger partial charge in [-0.05, 0) is 51.6 Å². The van der Waals surface area contributed by atoms with Gasteiger partial charge in [0.2, 0.25) is 0 Å². The molecule has 1 saturated carbocycles. The van der Waals surface area contributed by atoms with Gasteiger partial charge in [0, 0.05) is 18.6 Å². The van der Waals surface area contributed by atoms with E-state index in [9.17, 15) is 0 Å². The van der Waals surface area contributed by atoms with E-state index in [4.69, 9.17) is 0 Å². The monoisotopic (exact) mass is 224 g/mol. The molecule has 1 aliphatic carbocycles. The van der Waals surface area contributed by atoms with Gasteiger partial charge in [-0.15, -0.1) is 0 Å². The second-order valence-corrected chi connectivity index (χ2v) is 5.72. The standard InChI is InChI=1S/C14H28N2/c1-3-6-14-11-16(10-5-9-15-14)12(2)13-7-4-8-13/h12-15H,3-11H2,1-2H3. The van der Waals surface area contributed by atoms with Crippen molar-refractivity contribution in [1.82, 2.24) is 10.2 Å². The van der Waals surface area contributed by atoms with E-state index >= 15 is 0 Å². The number of nitrogens with one attached hydrogen (secondary N) is 1. The molecule has 94 valence electrons. The summed E-state index contributed by atoms with van der Waals surface area (Å²) in [7, 11) is 0. The van der Waals surface area contributed by atoms with E-state index in [2.05, 4.69) is 24.1 Å². The van der Waals surface area contributed by atoms with Gasteiger partial charge in [-0.2, -0.15) is 0 Å². The van der Waals surface area contributed by atoms with E-state index in [1.54, 1.807) is 0 Å². The van der Waals surface area contributed by atoms with Gasteiger partial charge in [0.25, 0.3) is 0 Å². The van der Waals surface area contributed by atoms with Crippen molar-refractivity contribution in [3.63, 3.8) is 0 Å². The minimum Gasteiger partial charge on any atom is -0.313 e. The highest BCUT2D eigenvalue weighted by Crippen LogP contribution is 2.32. The molecule has 16 heavy (non-hydrogen) atoms. The first-order valence-electron chi connectivity index (χ1n) is 7.28. The van der Waals surface area contributed by atoms with Crippen LogP contribution in [-0.4, -0.2) is 36.6 Å². The molecule has 2 aliphatic rings. The Balaban J connectivity index is 1.85. The highest BCUT2D eigenvalue weighted by Gasteiger charge is 2.30. The maximum atomic E-state index is 3.70. The predicted octanol–water partition coefficient (Wildman–Crippen LogP) is 2.64. The Morgan fingerprint density at radius 3 is 2.75 bits per heavy atom. The smallest absolute Gasteiger partial charge is 0.0195 e. The van der Waals surface area contributed by atoms with Crippen LogP contribution in [0, 0.1) is 5.92 Å². The number of hydrogen-bond donors (Lipinski definition) is 1. The van der Waals surface area contributed by atoms with Gasteiger partial charge in [-0.25, -0.2) is 0 Å². The summed E-state index contributed by atoms with van der Waals surface area (Å²) in [5.41, 5.74) is 0. The number of rotatable bonds is 4. The normalized spacial score (nSPS) is 30.8. The molecule has 0 aromatic rings. The van der Waals surface area contributed by atoms with E-state index in [-0.39, 0.29) is 0 Å². The second kappa shape index (κ2) is 6.02. The summed E-state index contributed by atoms with van der Waals surface area (Å²) in [6.45, 7) is 8.57. The Morgan fingerprint density at radius 2 is 2.12 bits per heavy atom. The Labute approximate surface area is 101 Å². The van der Waals surface area contributed by atoms with Gasteiger partial charge in [-0.3, -0.25) is 4.90 Å². The molecule has 2 rings (SSSR count). The van der Waals surface area contributed by atoms with Crippen LogP contribution in [0.2, 0.25) is 0 Å². The first-order valence-corrected chi connectivity index (χ1v) is 7.28. The van der Waals surface area contributed by atoms with Crippen LogP contribution in [0.1, 0.15) is 52.4 Å². The van der Waals surface area contributed by atoms with Crippen molar-refractivity contribution in [1.29, 1.82) is 0 Å². The zero-order valence-electron chi connectivity index (χ0n) is 11.0. The molecule has 1 aliphatic heterocycles. The first kappa shape index (κ1) is 12.4. The largest absolute Gasteiger partial charge is 0.313 e. The van der Waals surface area contributed by atoms with E-state index in [0.717, 1.165) is 18.0 Å². The first-order chi connectivity index (χ1) is 7.81. The molecule has 0 spiro atoms. The van der Waals surface area contributed by atoms with Crippen molar-refractivity contribution in [3.8, 4) is 0 Å². The Morgan fingerprint density at radius 1 is 1.31 bits per heavy atom. The third-order valence-corrected chi connectivity index (χ3v) is 4.56. The summed E-state index contributed by atoms with van der Waals surface area (Å²) in [5.74, 6) is 1.00. The van der Waals surface area contributed by atoms with Crippen LogP contribution < -0.4 is 5.32 Å². The van der Waals surface area contributed by atoms with Crippen LogP contribution in [0.15, 0.2) is 0 Å². The lowest BCUT2D eigenvalue weighted by Crippen LogP contribution is -2.45. The van der Waals surface area contributed by atoms with Gasteiger partial charge in [-0.1, -0.05) is 19.8 Å². The molecule has 0 amide bonds. The summed E-state index contributed by atoms with van der Waals surface area (Å²) < 4.78 is 0. The van der Waals surface area contributed by atoms with E-state index < -0.39 is 0 Å². The molecule has 2 heteroatoms. The molecule has 2 nitrogen and oxygen atoms in total. The van der Waals surface area contributed by atoms with Crippen LogP contribution in [0.4, 0.5) is 0 Å². The molecule has 2 atom stereocenters. The molecule has 1 saturated heterocycles. The zero-order valence-corrected chi connectivity index (χ0v) is 11.0. The van der Waals surface area contributed by atoms with Gasteiger partial charge in [0.1, 0.15) is 0 Å². The van der Waals surface area contributed by atoms with Crippen LogP contribution in [0.3, 0.4) is 0 Å². The van der Waals surface area contributed by atoms with Crippen LogP contribution in [0.5, 0.6) is 0 Å². The maximum Gasteiger partial charge on any atom is 0.0195 e. The predicted molar refractivity (Wildman–Crippen MR) is 69.7 cm³/mol. The highest BCUT2D eigenvalue weighted by atomic mass is 15.2. The third kappa shape index (κ3) is 2.98. The Hall–Kier alpha value is -0.0800. The lowest BCUT2D eigenvalue weighted by atomic mass is 9.79. The lowest BCUT2D eigenvalue weighted by Gasteiger charge is -2.39. The molecule has 2 fully saturated rings. The molecule has 0 radical (unpaired) electrons. The Kier molecular flexibility index (Phi) is 4.66. The van der Waals surface area contributed by atoms with Crippen LogP contribution in [0.25, 0.3) is 0 Å². The third-order valence-electron chi connectivity index (χ3n) is 4.56. The lowest BCUT2D eigenvalue weighted by molar-refractivity contribution is 0.105. The fourth-order valence-electron chi connectivity index (χ4n) is 3.16. The second-order valence-electron chi connectivity index (χ2n) is 5.72. The van der Waals surface area contributed by atoms with Gasteiger partial charge < -0.3 is 5.32 Å². The minimum absolute atomic E-state index is 0.745. The highest BCUT2D eigenvalue weighted by molar-refractivity contribution is 4.85. The number of hydrogen-bond acceptors (Lipinski definition) is 2. The molecule has 1 heterocycles. The topological polar surface area (TPSA) is 15.3 Å². The molecule has 0 aromatic heterocycles. The summed E-state index contributed by atoms with van der Waals surface area (Å²) in [6, 6.07) is 1.57. The zero-order chi connectivity index (χ0) is 11.4. The van der Waals surface area contributed by atoms with E-state index in [1.807, 2.05) is 0 Å². The van der Waals surface area contributed by atoms with Gasteiger partial charge >= 0.3 is 0 Å². The maximum absolute atomic E-state index is 3.70. The SMILES string of the molecule is CCCC1CN(C(C)C2CCC2)CCCN1. The summed E-state index contributed by atoms with van der Waals surface area (Å²) in [6.07, 6.45) is 8.40. The summed E-state index contributed by atoms with van der Waals surface area (Å²) in [5, 5.41) is 3.70. The molecule has 0 aromatic carbocycles. The van der Waals surface area contributed by atoms with E-state index in [0.29, 0.717) is 0 Å². The molecular formula is C14H28N2. The van der Waals surface area contributed by atoms with Crippen molar-refractivity contribution >= 4 is 0 Å². The van der Waals surface area contributed by atoms with Crippen LogP contribution >= 0.6 is 0 Å². The average Bonchev–Trinajstić information content (AvgIpc) is 2.41. The van der Waals surface area contributed by atoms with Crippen molar-refractivity contribution in [2.24, 2.45) is 5.92 Å². The summed E-state index contributed by atoms with van der Waals surface area (Å²) >= 11 is 0. The Bertz CT molecular complexity index is 201. The van der Waals surface area contributed by atoms with Gasteiger partial charge in [0.05, 0.1) is 0 Å². The van der Waals surface area contributed by atoms with Crippen LogP contribution in [-0.2, 0) is 0 Å². The molecule has 2 unspecified atom stereocenters. The molecule has 1 N–H and O–H groups in total. The molecular weight excluding hydrogens is 196 g/mol. The van der Waals surface area contributed by atoms with Gasteiger partial charge in [0.15, 0.2) is 0 Å². The summed E-state index contributed by atoms with van der Waals surface area (Å²) in [4.78, 5) is 2.75. The van der Waals surface area contributed by atoms with Crippen molar-refractivity contribution in [2.45, 2.75) is 64.5 Å². The van der Waals surface area contributed by atoms with Crippen molar-refractivity contribution < 1.29 is 0 Å². The fraction of sp³-hybridized carbons (Fsp3) is 1.00.